The van der Waals surface area contributed by atoms with E-state index in [0.29, 0.717) is 0 Å². The van der Waals surface area contributed by atoms with Gasteiger partial charge in [0.2, 0.25) is 0 Å². The summed E-state index contributed by atoms with van der Waals surface area (Å²) in [6.07, 6.45) is 5.63. The normalized spacial score (nSPS) is 17.0. The average Bonchev–Trinajstić information content (AvgIpc) is 2.94. The van der Waals surface area contributed by atoms with Gasteiger partial charge >= 0.3 is 0 Å². The number of likely N-dealkylation sites (tertiary alicyclic amines) is 1. The molecule has 1 aliphatic rings. The third kappa shape index (κ3) is 2.31. The summed E-state index contributed by atoms with van der Waals surface area (Å²) in [7, 11) is 0. The van der Waals surface area contributed by atoms with Gasteiger partial charge in [0, 0.05) is 19.2 Å². The summed E-state index contributed by atoms with van der Waals surface area (Å²) in [6, 6.07) is 4.14. The van der Waals surface area contributed by atoms with Crippen molar-refractivity contribution in [1.29, 1.82) is 0 Å². The summed E-state index contributed by atoms with van der Waals surface area (Å²) in [5.41, 5.74) is 2.19. The van der Waals surface area contributed by atoms with Crippen LogP contribution in [0.25, 0.3) is 5.65 Å². The van der Waals surface area contributed by atoms with Crippen LogP contribution >= 0.6 is 0 Å². The van der Waals surface area contributed by atoms with E-state index in [2.05, 4.69) is 34.0 Å². The highest BCUT2D eigenvalue weighted by Gasteiger charge is 2.12. The Morgan fingerprint density at radius 2 is 2.12 bits per heavy atom. The largest absolute Gasteiger partial charge is 0.303 e. The predicted molar refractivity (Wildman–Crippen MR) is 67.1 cm³/mol. The fraction of sp³-hybridized carbons (Fsp3) is 0.538. The van der Waals surface area contributed by atoms with E-state index in [1.807, 2.05) is 10.7 Å². The molecule has 17 heavy (non-hydrogen) atoms. The van der Waals surface area contributed by atoms with Gasteiger partial charge in [0.15, 0.2) is 11.5 Å². The summed E-state index contributed by atoms with van der Waals surface area (Å²) in [6.45, 7) is 5.66. The molecule has 2 aromatic rings. The monoisotopic (exact) mass is 230 g/mol. The molecule has 0 radical (unpaired) electrons. The van der Waals surface area contributed by atoms with E-state index in [1.54, 1.807) is 0 Å². The SMILES string of the molecule is Cc1ccn2nc(CCN3CCCC3)nc2c1. The Morgan fingerprint density at radius 3 is 2.94 bits per heavy atom. The molecular weight excluding hydrogens is 212 g/mol. The second-order valence-corrected chi connectivity index (χ2v) is 4.83. The zero-order valence-corrected chi connectivity index (χ0v) is 10.3. The molecule has 4 heteroatoms. The van der Waals surface area contributed by atoms with Crippen molar-refractivity contribution in [2.45, 2.75) is 26.2 Å². The first-order valence-corrected chi connectivity index (χ1v) is 6.35. The van der Waals surface area contributed by atoms with Gasteiger partial charge in [0.25, 0.3) is 0 Å². The Morgan fingerprint density at radius 1 is 1.29 bits per heavy atom. The Labute approximate surface area is 101 Å². The standard InChI is InChI=1S/C13H18N4/c1-11-4-9-17-13(10-11)14-12(15-17)5-8-16-6-2-3-7-16/h4,9-10H,2-3,5-8H2,1H3. The van der Waals surface area contributed by atoms with Gasteiger partial charge in [-0.2, -0.15) is 5.10 Å². The van der Waals surface area contributed by atoms with Crippen LogP contribution in [0.3, 0.4) is 0 Å². The van der Waals surface area contributed by atoms with Crippen molar-refractivity contribution < 1.29 is 0 Å². The van der Waals surface area contributed by atoms with E-state index in [1.165, 1.54) is 31.5 Å². The Balaban J connectivity index is 1.72. The Bertz CT molecular complexity index is 511. The smallest absolute Gasteiger partial charge is 0.155 e. The third-order valence-corrected chi connectivity index (χ3v) is 3.39. The van der Waals surface area contributed by atoms with E-state index in [9.17, 15) is 0 Å². The molecular formula is C13H18N4. The number of pyridine rings is 1. The van der Waals surface area contributed by atoms with Crippen molar-refractivity contribution in [3.8, 4) is 0 Å². The molecule has 0 aliphatic carbocycles. The van der Waals surface area contributed by atoms with E-state index in [-0.39, 0.29) is 0 Å². The van der Waals surface area contributed by atoms with Crippen LogP contribution < -0.4 is 0 Å². The molecule has 3 heterocycles. The third-order valence-electron chi connectivity index (χ3n) is 3.39. The first-order valence-electron chi connectivity index (χ1n) is 6.35. The predicted octanol–water partition coefficient (Wildman–Crippen LogP) is 1.68. The molecule has 0 bridgehead atoms. The molecule has 90 valence electrons. The summed E-state index contributed by atoms with van der Waals surface area (Å²) in [5.74, 6) is 0.961. The van der Waals surface area contributed by atoms with Crippen molar-refractivity contribution in [2.75, 3.05) is 19.6 Å². The quantitative estimate of drug-likeness (QED) is 0.804. The lowest BCUT2D eigenvalue weighted by molar-refractivity contribution is 0.341. The zero-order valence-electron chi connectivity index (χ0n) is 10.3. The van der Waals surface area contributed by atoms with E-state index in [0.717, 1.165) is 24.4 Å². The van der Waals surface area contributed by atoms with Gasteiger partial charge in [-0.1, -0.05) is 0 Å². The molecule has 0 aromatic carbocycles. The number of hydrogen-bond acceptors (Lipinski definition) is 3. The van der Waals surface area contributed by atoms with Gasteiger partial charge in [0.1, 0.15) is 0 Å². The van der Waals surface area contributed by atoms with Crippen LogP contribution in [-0.2, 0) is 6.42 Å². The lowest BCUT2D eigenvalue weighted by Crippen LogP contribution is -2.22. The molecule has 1 saturated heterocycles. The maximum Gasteiger partial charge on any atom is 0.155 e. The molecule has 0 atom stereocenters. The highest BCUT2D eigenvalue weighted by Crippen LogP contribution is 2.09. The molecule has 0 amide bonds. The fourth-order valence-corrected chi connectivity index (χ4v) is 2.40. The fourth-order valence-electron chi connectivity index (χ4n) is 2.40. The lowest BCUT2D eigenvalue weighted by Gasteiger charge is -2.12. The molecule has 0 spiro atoms. The van der Waals surface area contributed by atoms with Crippen LogP contribution in [0.4, 0.5) is 0 Å². The zero-order chi connectivity index (χ0) is 11.7. The van der Waals surface area contributed by atoms with Crippen molar-refractivity contribution >= 4 is 5.65 Å². The molecule has 3 rings (SSSR count). The number of nitrogens with zero attached hydrogens (tertiary/aromatic N) is 4. The van der Waals surface area contributed by atoms with Crippen molar-refractivity contribution in [3.05, 3.63) is 29.7 Å². The van der Waals surface area contributed by atoms with Gasteiger partial charge in [-0.3, -0.25) is 0 Å². The highest BCUT2D eigenvalue weighted by molar-refractivity contribution is 5.39. The topological polar surface area (TPSA) is 33.4 Å². The van der Waals surface area contributed by atoms with Gasteiger partial charge in [0.05, 0.1) is 0 Å². The van der Waals surface area contributed by atoms with Crippen LogP contribution in [0.2, 0.25) is 0 Å². The van der Waals surface area contributed by atoms with Crippen molar-refractivity contribution in [3.63, 3.8) is 0 Å². The number of rotatable bonds is 3. The molecule has 1 fully saturated rings. The van der Waals surface area contributed by atoms with Gasteiger partial charge in [-0.25, -0.2) is 9.50 Å². The number of aromatic nitrogens is 3. The van der Waals surface area contributed by atoms with E-state index >= 15 is 0 Å². The Hall–Kier alpha value is -1.42. The molecule has 0 unspecified atom stereocenters. The molecule has 0 N–H and O–H groups in total. The number of aryl methyl sites for hydroxylation is 1. The van der Waals surface area contributed by atoms with Crippen LogP contribution in [0.1, 0.15) is 24.2 Å². The van der Waals surface area contributed by atoms with Crippen molar-refractivity contribution in [2.24, 2.45) is 0 Å². The summed E-state index contributed by atoms with van der Waals surface area (Å²) >= 11 is 0. The first-order chi connectivity index (χ1) is 8.31. The second kappa shape index (κ2) is 4.45. The van der Waals surface area contributed by atoms with E-state index < -0.39 is 0 Å². The molecule has 4 nitrogen and oxygen atoms in total. The van der Waals surface area contributed by atoms with Gasteiger partial charge < -0.3 is 4.90 Å². The van der Waals surface area contributed by atoms with Crippen LogP contribution in [0.15, 0.2) is 18.3 Å². The van der Waals surface area contributed by atoms with Crippen molar-refractivity contribution in [1.82, 2.24) is 19.5 Å². The van der Waals surface area contributed by atoms with Crippen LogP contribution in [0, 0.1) is 6.92 Å². The molecule has 1 aliphatic heterocycles. The minimum atomic E-state index is 0.959. The minimum Gasteiger partial charge on any atom is -0.303 e. The maximum absolute atomic E-state index is 4.56. The second-order valence-electron chi connectivity index (χ2n) is 4.83. The van der Waals surface area contributed by atoms with Crippen LogP contribution in [-0.4, -0.2) is 39.1 Å². The number of fused-ring (bicyclic) bond motifs is 1. The Kier molecular flexibility index (Phi) is 2.81. The maximum atomic E-state index is 4.56. The summed E-state index contributed by atoms with van der Waals surface area (Å²) < 4.78 is 1.87. The first kappa shape index (κ1) is 10.7. The summed E-state index contributed by atoms with van der Waals surface area (Å²) in [5, 5.41) is 4.49. The average molecular weight is 230 g/mol. The van der Waals surface area contributed by atoms with Crippen LogP contribution in [0.5, 0.6) is 0 Å². The van der Waals surface area contributed by atoms with Gasteiger partial charge in [-0.05, 0) is 50.6 Å². The van der Waals surface area contributed by atoms with Gasteiger partial charge in [-0.15, -0.1) is 0 Å². The van der Waals surface area contributed by atoms with E-state index in [4.69, 9.17) is 0 Å². The highest BCUT2D eigenvalue weighted by atomic mass is 15.3. The molecule has 2 aromatic heterocycles. The summed E-state index contributed by atoms with van der Waals surface area (Å²) in [4.78, 5) is 7.06. The minimum absolute atomic E-state index is 0.959. The number of hydrogen-bond donors (Lipinski definition) is 0. The molecule has 0 saturated carbocycles. The lowest BCUT2D eigenvalue weighted by atomic mass is 10.3.